The zero-order valence-corrected chi connectivity index (χ0v) is 22.0. The van der Waals surface area contributed by atoms with Gasteiger partial charge >= 0.3 is 5.97 Å². The predicted molar refractivity (Wildman–Crippen MR) is 138 cm³/mol. The van der Waals surface area contributed by atoms with E-state index in [9.17, 15) is 19.6 Å². The molecule has 0 saturated heterocycles. The number of methoxy groups -OCH3 is 4. The Balaban J connectivity index is 1.93. The van der Waals surface area contributed by atoms with Gasteiger partial charge in [-0.2, -0.15) is 5.26 Å². The summed E-state index contributed by atoms with van der Waals surface area (Å²) in [5.41, 5.74) is 0.893. The van der Waals surface area contributed by atoms with Gasteiger partial charge in [0.25, 0.3) is 0 Å². The van der Waals surface area contributed by atoms with E-state index in [2.05, 4.69) is 16.7 Å². The number of esters is 1. The van der Waals surface area contributed by atoms with Crippen LogP contribution in [0.3, 0.4) is 0 Å². The second-order valence-corrected chi connectivity index (χ2v) is 8.98. The maximum Gasteiger partial charge on any atom is 0.319 e. The van der Waals surface area contributed by atoms with Crippen molar-refractivity contribution in [1.82, 2.24) is 5.32 Å². The maximum absolute atomic E-state index is 13.0. The quantitative estimate of drug-likeness (QED) is 0.358. The number of halogens is 1. The number of allylic oxidation sites excluding steroid dienone is 1. The van der Waals surface area contributed by atoms with Gasteiger partial charge < -0.3 is 29.6 Å². The molecule has 1 aliphatic heterocycles. The first-order valence-electron chi connectivity index (χ1n) is 10.8. The van der Waals surface area contributed by atoms with Crippen molar-refractivity contribution in [3.63, 3.8) is 0 Å². The fourth-order valence-corrected chi connectivity index (χ4v) is 4.94. The van der Waals surface area contributed by atoms with E-state index >= 15 is 0 Å². The van der Waals surface area contributed by atoms with Gasteiger partial charge in [-0.15, -0.1) is 0 Å². The lowest BCUT2D eigenvalue weighted by atomic mass is 9.78. The first-order valence-corrected chi connectivity index (χ1v) is 12.2. The molecule has 3 rings (SSSR count). The third kappa shape index (κ3) is 5.93. The van der Waals surface area contributed by atoms with Gasteiger partial charge in [-0.3, -0.25) is 14.4 Å². The number of carbonyl (C=O) groups excluding carboxylic acids is 3. The molecule has 10 nitrogen and oxygen atoms in total. The van der Waals surface area contributed by atoms with Crippen molar-refractivity contribution in [2.24, 2.45) is 5.92 Å². The van der Waals surface area contributed by atoms with Gasteiger partial charge in [0.1, 0.15) is 23.2 Å². The topological polar surface area (TPSA) is 136 Å². The largest absolute Gasteiger partial charge is 0.496 e. The molecule has 0 fully saturated rings. The Kier molecular flexibility index (Phi) is 9.27. The highest BCUT2D eigenvalue weighted by Gasteiger charge is 2.45. The van der Waals surface area contributed by atoms with E-state index in [0.29, 0.717) is 33.5 Å². The molecule has 1 heterocycles. The summed E-state index contributed by atoms with van der Waals surface area (Å²) in [4.78, 5) is 38.4. The molecule has 2 aromatic carbocycles. The molecule has 2 atom stereocenters. The monoisotopic (exact) mass is 545 g/mol. The van der Waals surface area contributed by atoms with E-state index < -0.39 is 29.6 Å². The number of benzene rings is 2. The van der Waals surface area contributed by atoms with Gasteiger partial charge in [-0.25, -0.2) is 0 Å². The van der Waals surface area contributed by atoms with Crippen molar-refractivity contribution in [1.29, 1.82) is 5.26 Å². The number of rotatable bonds is 9. The zero-order valence-electron chi connectivity index (χ0n) is 20.4. The minimum Gasteiger partial charge on any atom is -0.496 e. The lowest BCUT2D eigenvalue weighted by Crippen LogP contribution is -2.44. The van der Waals surface area contributed by atoms with Crippen LogP contribution in [0.1, 0.15) is 11.5 Å². The van der Waals surface area contributed by atoms with Crippen LogP contribution in [0.2, 0.25) is 5.02 Å². The van der Waals surface area contributed by atoms with Crippen LogP contribution in [0.25, 0.3) is 0 Å². The summed E-state index contributed by atoms with van der Waals surface area (Å²) in [6, 6.07) is 11.9. The number of nitriles is 1. The number of hydrogen-bond acceptors (Lipinski definition) is 9. The molecule has 0 spiro atoms. The molecule has 0 radical (unpaired) electrons. The Morgan fingerprint density at radius 1 is 1.08 bits per heavy atom. The summed E-state index contributed by atoms with van der Waals surface area (Å²) >= 11 is 7.06. The lowest BCUT2D eigenvalue weighted by molar-refractivity contribution is -0.150. The van der Waals surface area contributed by atoms with E-state index in [-0.39, 0.29) is 16.4 Å². The van der Waals surface area contributed by atoms with Crippen LogP contribution in [-0.2, 0) is 19.1 Å². The van der Waals surface area contributed by atoms with Gasteiger partial charge in [-0.05, 0) is 6.07 Å². The molecular weight excluding hydrogens is 522 g/mol. The smallest absolute Gasteiger partial charge is 0.319 e. The molecule has 1 aliphatic rings. The highest BCUT2D eigenvalue weighted by Crippen LogP contribution is 2.43. The van der Waals surface area contributed by atoms with Gasteiger partial charge in [0.2, 0.25) is 11.8 Å². The third-order valence-corrected chi connectivity index (χ3v) is 6.87. The average molecular weight is 546 g/mol. The van der Waals surface area contributed by atoms with Crippen LogP contribution in [0.15, 0.2) is 47.0 Å². The lowest BCUT2D eigenvalue weighted by Gasteiger charge is -2.31. The highest BCUT2D eigenvalue weighted by molar-refractivity contribution is 8.03. The van der Waals surface area contributed by atoms with Gasteiger partial charge in [-0.1, -0.05) is 41.6 Å². The highest BCUT2D eigenvalue weighted by atomic mass is 35.5. The Morgan fingerprint density at radius 3 is 2.38 bits per heavy atom. The van der Waals surface area contributed by atoms with Crippen molar-refractivity contribution in [3.05, 3.63) is 57.6 Å². The summed E-state index contributed by atoms with van der Waals surface area (Å²) in [5.74, 6) is -3.31. The number of nitrogens with zero attached hydrogens (tertiary/aromatic N) is 1. The Labute approximate surface area is 222 Å². The van der Waals surface area contributed by atoms with Crippen LogP contribution in [-0.4, -0.2) is 52.0 Å². The van der Waals surface area contributed by atoms with E-state index in [1.807, 2.05) is 0 Å². The summed E-state index contributed by atoms with van der Waals surface area (Å²) in [6.07, 6.45) is 0. The number of para-hydroxylation sites is 1. The number of anilines is 1. The van der Waals surface area contributed by atoms with Crippen LogP contribution in [0.4, 0.5) is 5.69 Å². The van der Waals surface area contributed by atoms with E-state index in [1.165, 1.54) is 40.6 Å². The standard InChI is InChI=1S/C25H24ClN3O7S/c1-33-17-8-6-5-7-13(17)21-14(11-27)24(29-23(31)22(21)25(32)36-4)37-12-20(30)28-16-10-18(34-2)15(26)9-19(16)35-3/h5-10,21-22H,12H2,1-4H3,(H,28,30)(H,29,31). The van der Waals surface area contributed by atoms with Gasteiger partial charge in [0.15, 0.2) is 0 Å². The number of carbonyl (C=O) groups is 3. The SMILES string of the molecule is COC(=O)C1C(=O)NC(SCC(=O)Nc2cc(OC)c(Cl)cc2OC)=C(C#N)C1c1ccccc1OC. The van der Waals surface area contributed by atoms with Crippen LogP contribution in [0.5, 0.6) is 17.2 Å². The molecule has 0 saturated carbocycles. The summed E-state index contributed by atoms with van der Waals surface area (Å²) in [7, 11) is 5.49. The van der Waals surface area contributed by atoms with E-state index in [1.54, 1.807) is 24.3 Å². The number of hydrogen-bond donors (Lipinski definition) is 2. The summed E-state index contributed by atoms with van der Waals surface area (Å²) in [5, 5.41) is 15.8. The summed E-state index contributed by atoms with van der Waals surface area (Å²) in [6.45, 7) is 0. The molecule has 0 aliphatic carbocycles. The van der Waals surface area contributed by atoms with Crippen molar-refractivity contribution in [3.8, 4) is 23.3 Å². The van der Waals surface area contributed by atoms with Crippen LogP contribution < -0.4 is 24.8 Å². The second kappa shape index (κ2) is 12.4. The summed E-state index contributed by atoms with van der Waals surface area (Å²) < 4.78 is 20.7. The minimum atomic E-state index is -1.32. The first-order chi connectivity index (χ1) is 17.8. The first kappa shape index (κ1) is 27.7. The molecule has 2 amide bonds. The Hall–Kier alpha value is -3.88. The molecular formula is C25H24ClN3O7S. The van der Waals surface area contributed by atoms with Crippen molar-refractivity contribution >= 4 is 46.8 Å². The fraction of sp³-hybridized carbons (Fsp3) is 0.280. The molecule has 2 N–H and O–H groups in total. The molecule has 37 heavy (non-hydrogen) atoms. The molecule has 194 valence electrons. The van der Waals surface area contributed by atoms with Gasteiger partial charge in [0, 0.05) is 23.6 Å². The van der Waals surface area contributed by atoms with E-state index in [4.69, 9.17) is 30.5 Å². The van der Waals surface area contributed by atoms with E-state index in [0.717, 1.165) is 11.8 Å². The molecule has 2 aromatic rings. The number of amides is 2. The van der Waals surface area contributed by atoms with Crippen LogP contribution >= 0.6 is 23.4 Å². The number of thioether (sulfide) groups is 1. The fourth-order valence-electron chi connectivity index (χ4n) is 3.86. The maximum atomic E-state index is 13.0. The average Bonchev–Trinajstić information content (AvgIpc) is 2.91. The van der Waals surface area contributed by atoms with Crippen molar-refractivity contribution in [2.75, 3.05) is 39.5 Å². The van der Waals surface area contributed by atoms with Crippen LogP contribution in [0, 0.1) is 17.2 Å². The normalized spacial score (nSPS) is 16.8. The number of nitrogens with one attached hydrogen (secondary N) is 2. The Bertz CT molecular complexity index is 1290. The molecule has 0 aromatic heterocycles. The Morgan fingerprint density at radius 2 is 1.76 bits per heavy atom. The predicted octanol–water partition coefficient (Wildman–Crippen LogP) is 3.48. The zero-order chi connectivity index (χ0) is 27.1. The number of ether oxygens (including phenoxy) is 4. The molecule has 0 bridgehead atoms. The molecule has 2 unspecified atom stereocenters. The molecule has 12 heteroatoms. The van der Waals surface area contributed by atoms with Gasteiger partial charge in [0.05, 0.1) is 61.6 Å². The minimum absolute atomic E-state index is 0.100. The van der Waals surface area contributed by atoms with Crippen molar-refractivity contribution in [2.45, 2.75) is 5.92 Å². The third-order valence-electron chi connectivity index (χ3n) is 5.55. The van der Waals surface area contributed by atoms with Crippen molar-refractivity contribution < 1.29 is 33.3 Å². The second-order valence-electron chi connectivity index (χ2n) is 7.59.